The summed E-state index contributed by atoms with van der Waals surface area (Å²) in [4.78, 5) is 11.8. The Morgan fingerprint density at radius 2 is 2.00 bits per heavy atom. The lowest BCUT2D eigenvalue weighted by molar-refractivity contribution is -0.201. The molecular weight excluding hydrogens is 279 g/mol. The number of amides is 1. The van der Waals surface area contributed by atoms with Crippen LogP contribution in [0.15, 0.2) is 18.2 Å². The standard InChI is InChI=1S/C12H14F3NO4/c1-19-7-3-4-9(20-2)8(5-7)11(18)16-6-10(17)12(13,14)15/h3-5,10,17H,6H2,1-2H3,(H,16,18). The predicted molar refractivity (Wildman–Crippen MR) is 63.9 cm³/mol. The number of carbonyl (C=O) groups excluding carboxylic acids is 1. The first-order chi connectivity index (χ1) is 9.29. The molecule has 5 nitrogen and oxygen atoms in total. The number of halogens is 3. The van der Waals surface area contributed by atoms with Crippen LogP contribution >= 0.6 is 0 Å². The van der Waals surface area contributed by atoms with Crippen LogP contribution in [0.4, 0.5) is 13.2 Å². The zero-order valence-corrected chi connectivity index (χ0v) is 10.8. The average molecular weight is 293 g/mol. The van der Waals surface area contributed by atoms with Gasteiger partial charge in [0.2, 0.25) is 0 Å². The third kappa shape index (κ3) is 4.02. The largest absolute Gasteiger partial charge is 0.497 e. The quantitative estimate of drug-likeness (QED) is 0.860. The Morgan fingerprint density at radius 1 is 1.35 bits per heavy atom. The topological polar surface area (TPSA) is 67.8 Å². The van der Waals surface area contributed by atoms with E-state index in [2.05, 4.69) is 0 Å². The molecule has 0 saturated carbocycles. The van der Waals surface area contributed by atoms with E-state index in [0.29, 0.717) is 5.75 Å². The van der Waals surface area contributed by atoms with Crippen molar-refractivity contribution >= 4 is 5.91 Å². The molecule has 1 amide bonds. The zero-order valence-electron chi connectivity index (χ0n) is 10.8. The first kappa shape index (κ1) is 16.1. The first-order valence-electron chi connectivity index (χ1n) is 5.54. The molecule has 20 heavy (non-hydrogen) atoms. The number of nitrogens with one attached hydrogen (secondary N) is 1. The summed E-state index contributed by atoms with van der Waals surface area (Å²) in [5.41, 5.74) is 0.0150. The molecule has 0 fully saturated rings. The summed E-state index contributed by atoms with van der Waals surface area (Å²) in [6.07, 6.45) is -7.41. The molecule has 0 spiro atoms. The normalized spacial score (nSPS) is 12.7. The average Bonchev–Trinajstić information content (AvgIpc) is 2.42. The van der Waals surface area contributed by atoms with E-state index < -0.39 is 24.7 Å². The molecule has 112 valence electrons. The molecule has 0 bridgehead atoms. The molecule has 1 atom stereocenters. The number of aliphatic hydroxyl groups excluding tert-OH is 1. The Morgan fingerprint density at radius 3 is 2.50 bits per heavy atom. The van der Waals surface area contributed by atoms with Crippen LogP contribution in [0.5, 0.6) is 11.5 Å². The van der Waals surface area contributed by atoms with Crippen molar-refractivity contribution in [1.82, 2.24) is 5.32 Å². The van der Waals surface area contributed by atoms with Gasteiger partial charge in [-0.05, 0) is 18.2 Å². The van der Waals surface area contributed by atoms with E-state index in [-0.39, 0.29) is 11.3 Å². The fraction of sp³-hybridized carbons (Fsp3) is 0.417. The second-order valence-corrected chi connectivity index (χ2v) is 3.83. The Kier molecular flexibility index (Phi) is 5.20. The number of carbonyl (C=O) groups is 1. The highest BCUT2D eigenvalue weighted by atomic mass is 19.4. The lowest BCUT2D eigenvalue weighted by Gasteiger charge is -2.16. The van der Waals surface area contributed by atoms with Gasteiger partial charge in [-0.3, -0.25) is 4.79 Å². The Labute approximate surface area is 113 Å². The molecule has 1 rings (SSSR count). The fourth-order valence-electron chi connectivity index (χ4n) is 1.39. The van der Waals surface area contributed by atoms with Crippen molar-refractivity contribution in [2.24, 2.45) is 0 Å². The van der Waals surface area contributed by atoms with Gasteiger partial charge in [-0.25, -0.2) is 0 Å². The maximum absolute atomic E-state index is 12.1. The lowest BCUT2D eigenvalue weighted by atomic mass is 10.1. The molecule has 0 aliphatic heterocycles. The van der Waals surface area contributed by atoms with Crippen molar-refractivity contribution in [3.63, 3.8) is 0 Å². The number of hydrogen-bond acceptors (Lipinski definition) is 4. The number of methoxy groups -OCH3 is 2. The number of benzene rings is 1. The van der Waals surface area contributed by atoms with Crippen molar-refractivity contribution in [3.8, 4) is 11.5 Å². The van der Waals surface area contributed by atoms with Crippen LogP contribution in [0.1, 0.15) is 10.4 Å². The highest BCUT2D eigenvalue weighted by molar-refractivity contribution is 5.97. The van der Waals surface area contributed by atoms with Crippen molar-refractivity contribution in [3.05, 3.63) is 23.8 Å². The molecule has 0 radical (unpaired) electrons. The number of ether oxygens (including phenoxy) is 2. The number of aliphatic hydroxyl groups is 1. The van der Waals surface area contributed by atoms with Gasteiger partial charge in [0.15, 0.2) is 6.10 Å². The first-order valence-corrected chi connectivity index (χ1v) is 5.54. The predicted octanol–water partition coefficient (Wildman–Crippen LogP) is 1.36. The van der Waals surface area contributed by atoms with Gasteiger partial charge >= 0.3 is 6.18 Å². The summed E-state index contributed by atoms with van der Waals surface area (Å²) in [5.74, 6) is -0.263. The maximum Gasteiger partial charge on any atom is 0.416 e. The van der Waals surface area contributed by atoms with Gasteiger partial charge in [0.1, 0.15) is 11.5 Å². The molecular formula is C12H14F3NO4. The minimum absolute atomic E-state index is 0.0150. The number of hydrogen-bond donors (Lipinski definition) is 2. The molecule has 0 heterocycles. The summed E-state index contributed by atoms with van der Waals surface area (Å²) < 4.78 is 46.2. The number of rotatable bonds is 5. The van der Waals surface area contributed by atoms with Crippen LogP contribution in [-0.4, -0.2) is 44.1 Å². The second-order valence-electron chi connectivity index (χ2n) is 3.83. The fourth-order valence-corrected chi connectivity index (χ4v) is 1.39. The van der Waals surface area contributed by atoms with E-state index in [0.717, 1.165) is 0 Å². The van der Waals surface area contributed by atoms with Crippen molar-refractivity contribution in [1.29, 1.82) is 0 Å². The zero-order chi connectivity index (χ0) is 15.3. The Hall–Kier alpha value is -1.96. The van der Waals surface area contributed by atoms with Gasteiger partial charge in [0, 0.05) is 0 Å². The third-order valence-corrected chi connectivity index (χ3v) is 2.49. The van der Waals surface area contributed by atoms with Gasteiger partial charge in [0.05, 0.1) is 26.3 Å². The second kappa shape index (κ2) is 6.47. The third-order valence-electron chi connectivity index (χ3n) is 2.49. The molecule has 0 saturated heterocycles. The van der Waals surface area contributed by atoms with E-state index in [1.165, 1.54) is 26.4 Å². The number of alkyl halides is 3. The molecule has 0 aliphatic carbocycles. The van der Waals surface area contributed by atoms with Crippen molar-refractivity contribution in [2.75, 3.05) is 20.8 Å². The van der Waals surface area contributed by atoms with Crippen molar-refractivity contribution in [2.45, 2.75) is 12.3 Å². The van der Waals surface area contributed by atoms with Crippen LogP contribution in [-0.2, 0) is 0 Å². The smallest absolute Gasteiger partial charge is 0.416 e. The summed E-state index contributed by atoms with van der Waals surface area (Å²) in [6, 6.07) is 4.32. The molecule has 1 unspecified atom stereocenters. The van der Waals surface area contributed by atoms with E-state index in [9.17, 15) is 18.0 Å². The van der Waals surface area contributed by atoms with Gasteiger partial charge < -0.3 is 19.9 Å². The summed E-state index contributed by atoms with van der Waals surface area (Å²) >= 11 is 0. The summed E-state index contributed by atoms with van der Waals surface area (Å²) in [6.45, 7) is -0.942. The molecule has 1 aromatic carbocycles. The summed E-state index contributed by atoms with van der Waals surface area (Å²) in [5, 5.41) is 10.8. The van der Waals surface area contributed by atoms with Crippen LogP contribution in [0, 0.1) is 0 Å². The highest BCUT2D eigenvalue weighted by Gasteiger charge is 2.38. The van der Waals surface area contributed by atoms with Crippen LogP contribution in [0.3, 0.4) is 0 Å². The van der Waals surface area contributed by atoms with Gasteiger partial charge in [0.25, 0.3) is 5.91 Å². The van der Waals surface area contributed by atoms with Gasteiger partial charge in [-0.2, -0.15) is 13.2 Å². The Balaban J connectivity index is 2.81. The van der Waals surface area contributed by atoms with E-state index in [1.807, 2.05) is 5.32 Å². The minimum atomic E-state index is -4.79. The minimum Gasteiger partial charge on any atom is -0.497 e. The maximum atomic E-state index is 12.1. The van der Waals surface area contributed by atoms with Gasteiger partial charge in [-0.1, -0.05) is 0 Å². The Bertz CT molecular complexity index is 476. The van der Waals surface area contributed by atoms with Gasteiger partial charge in [-0.15, -0.1) is 0 Å². The van der Waals surface area contributed by atoms with Crippen molar-refractivity contribution < 1.29 is 32.5 Å². The lowest BCUT2D eigenvalue weighted by Crippen LogP contribution is -2.40. The van der Waals surface area contributed by atoms with Crippen LogP contribution in [0.2, 0.25) is 0 Å². The molecule has 2 N–H and O–H groups in total. The highest BCUT2D eigenvalue weighted by Crippen LogP contribution is 2.24. The van der Waals surface area contributed by atoms with Crippen LogP contribution in [0.25, 0.3) is 0 Å². The monoisotopic (exact) mass is 293 g/mol. The SMILES string of the molecule is COc1ccc(OC)c(C(=O)NCC(O)C(F)(F)F)c1. The molecule has 8 heteroatoms. The summed E-state index contributed by atoms with van der Waals surface area (Å²) in [7, 11) is 2.71. The van der Waals surface area contributed by atoms with E-state index >= 15 is 0 Å². The van der Waals surface area contributed by atoms with Crippen LogP contribution < -0.4 is 14.8 Å². The van der Waals surface area contributed by atoms with E-state index in [1.54, 1.807) is 6.07 Å². The van der Waals surface area contributed by atoms with E-state index in [4.69, 9.17) is 14.6 Å². The molecule has 0 aliphatic rings. The molecule has 1 aromatic rings. The molecule has 0 aromatic heterocycles.